The van der Waals surface area contributed by atoms with E-state index in [0.717, 1.165) is 16.5 Å². The number of carbonyl (C=O) groups excluding carboxylic acids is 5. The summed E-state index contributed by atoms with van der Waals surface area (Å²) in [6, 6.07) is 22.9. The molecule has 0 saturated carbocycles. The van der Waals surface area contributed by atoms with Gasteiger partial charge in [0.25, 0.3) is 11.8 Å². The number of Topliss-reactive ketones (excluding diaryl/α,β-unsaturated/α-hetero) is 1. The van der Waals surface area contributed by atoms with Crippen molar-refractivity contribution >= 4 is 40.3 Å². The van der Waals surface area contributed by atoms with Crippen LogP contribution in [0.25, 0.3) is 10.9 Å². The zero-order valence-corrected chi connectivity index (χ0v) is 25.5. The van der Waals surface area contributed by atoms with Crippen molar-refractivity contribution in [1.82, 2.24) is 26.3 Å². The van der Waals surface area contributed by atoms with Crippen LogP contribution in [-0.4, -0.2) is 60.1 Å². The Hall–Kier alpha value is -5.45. The van der Waals surface area contributed by atoms with Crippen LogP contribution in [0.2, 0.25) is 0 Å². The monoisotopic (exact) mass is 623 g/mol. The Morgan fingerprint density at radius 1 is 0.891 bits per heavy atom. The molecule has 1 aromatic heterocycles. The van der Waals surface area contributed by atoms with Crippen molar-refractivity contribution < 1.29 is 28.7 Å². The predicted molar refractivity (Wildman–Crippen MR) is 172 cm³/mol. The summed E-state index contributed by atoms with van der Waals surface area (Å²) in [6.07, 6.45) is 1.31. The van der Waals surface area contributed by atoms with E-state index in [1.54, 1.807) is 31.4 Å². The Labute approximate surface area is 266 Å². The smallest absolute Gasteiger partial charge is 0.289 e. The third-order valence-electron chi connectivity index (χ3n) is 8.05. The lowest BCUT2D eigenvalue weighted by Gasteiger charge is -2.27. The van der Waals surface area contributed by atoms with E-state index in [-0.39, 0.29) is 31.0 Å². The average Bonchev–Trinajstić information content (AvgIpc) is 3.52. The van der Waals surface area contributed by atoms with Crippen molar-refractivity contribution in [1.29, 1.82) is 0 Å². The number of methoxy groups -OCH3 is 1. The third kappa shape index (κ3) is 8.17. The normalized spacial score (nSPS) is 15.7. The number of H-pyrrole nitrogens is 1. The molecule has 1 aliphatic heterocycles. The molecule has 1 fully saturated rings. The summed E-state index contributed by atoms with van der Waals surface area (Å²) in [5, 5.41) is 11.7. The standard InChI is InChI=1S/C35H37N5O6/c1-46-26-14-15-27-25(18-26)20-30(38-27)34(44)40-29(17-22-9-4-2-5-10-22)33(43)39-28(19-24-13-8-16-36-32(24)42)31(41)35(45)37-21-23-11-6-3-7-12-23/h2-7,9-12,14-15,18,20,24,28-29,38H,8,13,16-17,19,21H2,1H3,(H,36,42)(H,37,45)(H,39,43)(H,40,44)/t24?,28?,29-/m0/s1. The summed E-state index contributed by atoms with van der Waals surface area (Å²) < 4.78 is 5.28. The van der Waals surface area contributed by atoms with Crippen molar-refractivity contribution in [3.8, 4) is 5.75 Å². The number of benzene rings is 3. The topological polar surface area (TPSA) is 158 Å². The third-order valence-corrected chi connectivity index (χ3v) is 8.05. The zero-order chi connectivity index (χ0) is 32.5. The van der Waals surface area contributed by atoms with E-state index in [2.05, 4.69) is 26.3 Å². The van der Waals surface area contributed by atoms with Gasteiger partial charge in [0.05, 0.1) is 13.2 Å². The van der Waals surface area contributed by atoms with E-state index in [1.165, 1.54) is 0 Å². The number of nitrogens with one attached hydrogen (secondary N) is 5. The molecular formula is C35H37N5O6. The lowest BCUT2D eigenvalue weighted by molar-refractivity contribution is -0.141. The lowest BCUT2D eigenvalue weighted by atomic mass is 9.89. The molecule has 238 valence electrons. The SMILES string of the molecule is COc1ccc2[nH]c(C(=O)N[C@@H](Cc3ccccc3)C(=O)NC(CC3CCCNC3=O)C(=O)C(=O)NCc3ccccc3)cc2c1. The second kappa shape index (κ2) is 15.0. The molecule has 1 saturated heterocycles. The molecule has 11 nitrogen and oxygen atoms in total. The molecule has 0 bridgehead atoms. The second-order valence-electron chi connectivity index (χ2n) is 11.3. The number of fused-ring (bicyclic) bond motifs is 1. The van der Waals surface area contributed by atoms with Crippen LogP contribution in [0.3, 0.4) is 0 Å². The Morgan fingerprint density at radius 3 is 2.30 bits per heavy atom. The number of hydrogen-bond acceptors (Lipinski definition) is 6. The first kappa shape index (κ1) is 32.0. The van der Waals surface area contributed by atoms with E-state index in [0.29, 0.717) is 30.7 Å². The van der Waals surface area contributed by atoms with Crippen LogP contribution < -0.4 is 26.0 Å². The largest absolute Gasteiger partial charge is 0.497 e. The number of hydrogen-bond donors (Lipinski definition) is 5. The molecule has 5 N–H and O–H groups in total. The fraction of sp³-hybridized carbons (Fsp3) is 0.286. The van der Waals surface area contributed by atoms with Crippen LogP contribution in [0.15, 0.2) is 84.9 Å². The van der Waals surface area contributed by atoms with Crippen molar-refractivity contribution in [2.75, 3.05) is 13.7 Å². The minimum Gasteiger partial charge on any atom is -0.497 e. The number of carbonyl (C=O) groups is 5. The maximum absolute atomic E-state index is 13.9. The molecule has 2 unspecified atom stereocenters. The summed E-state index contributed by atoms with van der Waals surface area (Å²) >= 11 is 0. The molecule has 0 spiro atoms. The van der Waals surface area contributed by atoms with E-state index in [1.807, 2.05) is 60.7 Å². The van der Waals surface area contributed by atoms with E-state index < -0.39 is 41.5 Å². The van der Waals surface area contributed by atoms with Gasteiger partial charge < -0.3 is 31.0 Å². The molecule has 3 aromatic carbocycles. The molecule has 11 heteroatoms. The molecular weight excluding hydrogens is 586 g/mol. The highest BCUT2D eigenvalue weighted by Crippen LogP contribution is 2.22. The zero-order valence-electron chi connectivity index (χ0n) is 25.5. The number of aromatic nitrogens is 1. The summed E-state index contributed by atoms with van der Waals surface area (Å²) in [5.74, 6) is -3.07. The molecule has 4 aromatic rings. The van der Waals surface area contributed by atoms with Crippen LogP contribution in [0, 0.1) is 5.92 Å². The lowest BCUT2D eigenvalue weighted by Crippen LogP contribution is -2.55. The van der Waals surface area contributed by atoms with Gasteiger partial charge in [-0.3, -0.25) is 24.0 Å². The van der Waals surface area contributed by atoms with E-state index in [4.69, 9.17) is 4.74 Å². The quantitative estimate of drug-likeness (QED) is 0.144. The number of ketones is 1. The molecule has 5 rings (SSSR count). The summed E-state index contributed by atoms with van der Waals surface area (Å²) in [4.78, 5) is 69.5. The Kier molecular flexibility index (Phi) is 10.4. The maximum Gasteiger partial charge on any atom is 0.289 e. The molecule has 0 aliphatic carbocycles. The van der Waals surface area contributed by atoms with Gasteiger partial charge in [0, 0.05) is 36.3 Å². The highest BCUT2D eigenvalue weighted by molar-refractivity contribution is 6.38. The molecule has 3 atom stereocenters. The Bertz CT molecular complexity index is 1700. The number of ether oxygens (including phenoxy) is 1. The maximum atomic E-state index is 13.9. The fourth-order valence-corrected chi connectivity index (χ4v) is 5.53. The van der Waals surface area contributed by atoms with Crippen molar-refractivity contribution in [2.45, 2.75) is 44.3 Å². The first-order valence-corrected chi connectivity index (χ1v) is 15.3. The molecule has 2 heterocycles. The van der Waals surface area contributed by atoms with Gasteiger partial charge in [-0.15, -0.1) is 0 Å². The summed E-state index contributed by atoms with van der Waals surface area (Å²) in [7, 11) is 1.56. The predicted octanol–water partition coefficient (Wildman–Crippen LogP) is 2.80. The molecule has 4 amide bonds. The minimum atomic E-state index is -1.28. The van der Waals surface area contributed by atoms with Crippen LogP contribution >= 0.6 is 0 Å². The second-order valence-corrected chi connectivity index (χ2v) is 11.3. The van der Waals surface area contributed by atoms with Crippen molar-refractivity contribution in [2.24, 2.45) is 5.92 Å². The van der Waals surface area contributed by atoms with Gasteiger partial charge in [-0.2, -0.15) is 0 Å². The van der Waals surface area contributed by atoms with Gasteiger partial charge in [-0.05, 0) is 54.7 Å². The van der Waals surface area contributed by atoms with Crippen LogP contribution in [0.4, 0.5) is 0 Å². The van der Waals surface area contributed by atoms with Gasteiger partial charge in [0.1, 0.15) is 17.5 Å². The van der Waals surface area contributed by atoms with Crippen LogP contribution in [0.5, 0.6) is 5.75 Å². The molecule has 46 heavy (non-hydrogen) atoms. The number of aromatic amines is 1. The van der Waals surface area contributed by atoms with Gasteiger partial charge in [-0.1, -0.05) is 60.7 Å². The van der Waals surface area contributed by atoms with Gasteiger partial charge in [-0.25, -0.2) is 0 Å². The highest BCUT2D eigenvalue weighted by atomic mass is 16.5. The summed E-state index contributed by atoms with van der Waals surface area (Å²) in [6.45, 7) is 0.655. The highest BCUT2D eigenvalue weighted by Gasteiger charge is 2.35. The van der Waals surface area contributed by atoms with Gasteiger partial charge in [0.2, 0.25) is 17.6 Å². The number of rotatable bonds is 13. The van der Waals surface area contributed by atoms with Gasteiger partial charge in [0.15, 0.2) is 0 Å². The average molecular weight is 624 g/mol. The van der Waals surface area contributed by atoms with Crippen LogP contribution in [-0.2, 0) is 32.1 Å². The van der Waals surface area contributed by atoms with Crippen molar-refractivity contribution in [3.05, 3.63) is 102 Å². The Morgan fingerprint density at radius 2 is 1.61 bits per heavy atom. The minimum absolute atomic E-state index is 0.0506. The number of amides is 4. The number of piperidine rings is 1. The molecule has 0 radical (unpaired) electrons. The van der Waals surface area contributed by atoms with E-state index >= 15 is 0 Å². The Balaban J connectivity index is 1.36. The van der Waals surface area contributed by atoms with Crippen LogP contribution in [0.1, 0.15) is 40.9 Å². The fourth-order valence-electron chi connectivity index (χ4n) is 5.53. The first-order valence-electron chi connectivity index (χ1n) is 15.3. The first-order chi connectivity index (χ1) is 22.3. The van der Waals surface area contributed by atoms with E-state index in [9.17, 15) is 24.0 Å². The summed E-state index contributed by atoms with van der Waals surface area (Å²) in [5.41, 5.74) is 2.53. The van der Waals surface area contributed by atoms with Gasteiger partial charge >= 0.3 is 0 Å². The molecule has 1 aliphatic rings. The van der Waals surface area contributed by atoms with Crippen molar-refractivity contribution in [3.63, 3.8) is 0 Å².